The number of benzene rings is 8. The average Bonchev–Trinajstić information content (AvgIpc) is 3.83. The van der Waals surface area contributed by atoms with Gasteiger partial charge in [-0.1, -0.05) is 152 Å². The van der Waals surface area contributed by atoms with Crippen molar-refractivity contribution >= 4 is 64.2 Å². The number of fused-ring (bicyclic) bond motifs is 8. The van der Waals surface area contributed by atoms with Crippen LogP contribution in [0.5, 0.6) is 0 Å². The summed E-state index contributed by atoms with van der Waals surface area (Å²) in [6.07, 6.45) is 0. The standard InChI is InChI=1S/C49H29N3OS/c1-3-15-30(16-4-1)32-19-7-10-23-38(32)47-50-48(39-26-13-25-36-35-21-11-12-27-42(35)53-45(36)39)52-49(51-47)40-29-41-44-33(31-17-5-2-6-18-31)24-14-28-43(44)54-46(41)37-22-9-8-20-34(37)40/h1-29H. The van der Waals surface area contributed by atoms with Gasteiger partial charge in [0.2, 0.25) is 0 Å². The van der Waals surface area contributed by atoms with Crippen molar-refractivity contribution in [3.63, 3.8) is 0 Å². The minimum absolute atomic E-state index is 0.562. The molecule has 3 aromatic heterocycles. The normalized spacial score (nSPS) is 11.7. The minimum Gasteiger partial charge on any atom is -0.455 e. The fraction of sp³-hybridized carbons (Fsp3) is 0. The lowest BCUT2D eigenvalue weighted by Gasteiger charge is -2.14. The maximum atomic E-state index is 6.54. The number of aromatic nitrogens is 3. The SMILES string of the molecule is c1ccc(-c2ccccc2-c2nc(-c3cc4c(sc5cccc(-c6ccccc6)c54)c4ccccc34)nc(-c3cccc4c3oc3ccccc34)n2)cc1. The summed E-state index contributed by atoms with van der Waals surface area (Å²) in [6, 6.07) is 61.4. The Morgan fingerprint density at radius 2 is 0.907 bits per heavy atom. The number of para-hydroxylation sites is 2. The largest absolute Gasteiger partial charge is 0.455 e. The van der Waals surface area contributed by atoms with Gasteiger partial charge < -0.3 is 4.42 Å². The van der Waals surface area contributed by atoms with Crippen LogP contribution in [0, 0.1) is 0 Å². The van der Waals surface area contributed by atoms with Crippen LogP contribution in [0.3, 0.4) is 0 Å². The summed E-state index contributed by atoms with van der Waals surface area (Å²) in [5, 5.41) is 6.80. The number of nitrogens with zero attached hydrogens (tertiary/aromatic N) is 3. The highest BCUT2D eigenvalue weighted by Gasteiger charge is 2.22. The van der Waals surface area contributed by atoms with E-state index < -0.39 is 0 Å². The number of hydrogen-bond donors (Lipinski definition) is 0. The summed E-state index contributed by atoms with van der Waals surface area (Å²) in [5.74, 6) is 1.78. The zero-order valence-corrected chi connectivity index (χ0v) is 29.7. The molecule has 0 aliphatic carbocycles. The molecule has 0 atom stereocenters. The van der Waals surface area contributed by atoms with Crippen molar-refractivity contribution in [2.45, 2.75) is 0 Å². The summed E-state index contributed by atoms with van der Waals surface area (Å²) in [6.45, 7) is 0. The van der Waals surface area contributed by atoms with Crippen LogP contribution < -0.4 is 0 Å². The summed E-state index contributed by atoms with van der Waals surface area (Å²) >= 11 is 1.84. The van der Waals surface area contributed by atoms with Gasteiger partial charge in [-0.25, -0.2) is 15.0 Å². The van der Waals surface area contributed by atoms with Crippen molar-refractivity contribution in [1.82, 2.24) is 15.0 Å². The monoisotopic (exact) mass is 707 g/mol. The second kappa shape index (κ2) is 12.3. The summed E-state index contributed by atoms with van der Waals surface area (Å²) in [4.78, 5) is 16.0. The van der Waals surface area contributed by atoms with E-state index in [-0.39, 0.29) is 0 Å². The number of hydrogen-bond acceptors (Lipinski definition) is 5. The zero-order chi connectivity index (χ0) is 35.6. The minimum atomic E-state index is 0.562. The van der Waals surface area contributed by atoms with E-state index >= 15 is 0 Å². The molecule has 3 heterocycles. The van der Waals surface area contributed by atoms with E-state index in [9.17, 15) is 0 Å². The van der Waals surface area contributed by atoms with Gasteiger partial charge >= 0.3 is 0 Å². The Morgan fingerprint density at radius 3 is 1.69 bits per heavy atom. The van der Waals surface area contributed by atoms with Gasteiger partial charge in [-0.2, -0.15) is 0 Å². The molecule has 11 rings (SSSR count). The molecule has 0 fully saturated rings. The molecular weight excluding hydrogens is 679 g/mol. The van der Waals surface area contributed by atoms with Gasteiger partial charge in [0.25, 0.3) is 0 Å². The first-order valence-electron chi connectivity index (χ1n) is 18.0. The van der Waals surface area contributed by atoms with Gasteiger partial charge in [0.05, 0.1) is 5.56 Å². The van der Waals surface area contributed by atoms with Crippen molar-refractivity contribution < 1.29 is 4.42 Å². The second-order valence-electron chi connectivity index (χ2n) is 13.5. The number of furan rings is 1. The predicted octanol–water partition coefficient (Wildman–Crippen LogP) is 13.6. The molecule has 11 aromatic rings. The van der Waals surface area contributed by atoms with Crippen molar-refractivity contribution in [2.75, 3.05) is 0 Å². The molecule has 0 amide bonds. The van der Waals surface area contributed by atoms with Gasteiger partial charge in [-0.3, -0.25) is 0 Å². The molecule has 4 nitrogen and oxygen atoms in total. The molecule has 252 valence electrons. The van der Waals surface area contributed by atoms with Crippen LogP contribution in [0.15, 0.2) is 180 Å². The van der Waals surface area contributed by atoms with E-state index in [1.165, 1.54) is 36.7 Å². The predicted molar refractivity (Wildman–Crippen MR) is 225 cm³/mol. The van der Waals surface area contributed by atoms with E-state index in [4.69, 9.17) is 19.4 Å². The van der Waals surface area contributed by atoms with Gasteiger partial charge in [-0.05, 0) is 51.9 Å². The lowest BCUT2D eigenvalue weighted by Crippen LogP contribution is -2.01. The first kappa shape index (κ1) is 30.7. The molecular formula is C49H29N3OS. The molecule has 8 aromatic carbocycles. The quantitative estimate of drug-likeness (QED) is 0.179. The van der Waals surface area contributed by atoms with E-state index in [1.54, 1.807) is 0 Å². The molecule has 0 bridgehead atoms. The molecule has 0 aliphatic heterocycles. The topological polar surface area (TPSA) is 51.8 Å². The number of thiophene rings is 1. The van der Waals surface area contributed by atoms with Gasteiger partial charge in [0.1, 0.15) is 11.2 Å². The van der Waals surface area contributed by atoms with Crippen LogP contribution in [0.4, 0.5) is 0 Å². The Morgan fingerprint density at radius 1 is 0.370 bits per heavy atom. The summed E-state index contributed by atoms with van der Waals surface area (Å²) in [7, 11) is 0. The zero-order valence-electron chi connectivity index (χ0n) is 28.9. The highest BCUT2D eigenvalue weighted by Crippen LogP contribution is 2.46. The van der Waals surface area contributed by atoms with E-state index in [1.807, 2.05) is 35.6 Å². The maximum absolute atomic E-state index is 6.54. The Bertz CT molecular complexity index is 3220. The number of rotatable bonds is 5. The summed E-state index contributed by atoms with van der Waals surface area (Å²) < 4.78 is 9.05. The first-order valence-corrected chi connectivity index (χ1v) is 18.8. The van der Waals surface area contributed by atoms with Crippen LogP contribution in [0.1, 0.15) is 0 Å². The van der Waals surface area contributed by atoms with E-state index in [2.05, 4.69) is 152 Å². The van der Waals surface area contributed by atoms with Crippen LogP contribution in [0.2, 0.25) is 0 Å². The molecule has 0 unspecified atom stereocenters. The van der Waals surface area contributed by atoms with Crippen molar-refractivity contribution in [3.8, 4) is 56.4 Å². The van der Waals surface area contributed by atoms with Crippen LogP contribution >= 0.6 is 11.3 Å². The van der Waals surface area contributed by atoms with E-state index in [0.29, 0.717) is 17.5 Å². The summed E-state index contributed by atoms with van der Waals surface area (Å²) in [5.41, 5.74) is 8.87. The fourth-order valence-corrected chi connectivity index (χ4v) is 9.15. The van der Waals surface area contributed by atoms with Crippen LogP contribution in [-0.2, 0) is 0 Å². The van der Waals surface area contributed by atoms with Gasteiger partial charge in [0, 0.05) is 47.5 Å². The third-order valence-electron chi connectivity index (χ3n) is 10.4. The maximum Gasteiger partial charge on any atom is 0.167 e. The van der Waals surface area contributed by atoms with Crippen LogP contribution in [0.25, 0.3) is 109 Å². The fourth-order valence-electron chi connectivity index (χ4n) is 7.90. The Balaban J connectivity index is 1.23. The van der Waals surface area contributed by atoms with E-state index in [0.717, 1.165) is 55.1 Å². The Labute approximate surface area is 314 Å². The smallest absolute Gasteiger partial charge is 0.167 e. The lowest BCUT2D eigenvalue weighted by molar-refractivity contribution is 0.669. The first-order chi connectivity index (χ1) is 26.8. The van der Waals surface area contributed by atoms with Crippen molar-refractivity contribution in [1.29, 1.82) is 0 Å². The molecule has 0 saturated heterocycles. The molecule has 0 N–H and O–H groups in total. The molecule has 0 radical (unpaired) electrons. The third kappa shape index (κ3) is 4.86. The van der Waals surface area contributed by atoms with Crippen molar-refractivity contribution in [2.24, 2.45) is 0 Å². The molecule has 54 heavy (non-hydrogen) atoms. The third-order valence-corrected chi connectivity index (χ3v) is 11.6. The molecule has 0 aliphatic rings. The van der Waals surface area contributed by atoms with Crippen LogP contribution in [-0.4, -0.2) is 15.0 Å². The second-order valence-corrected chi connectivity index (χ2v) is 14.5. The highest BCUT2D eigenvalue weighted by molar-refractivity contribution is 7.26. The van der Waals surface area contributed by atoms with Crippen molar-refractivity contribution in [3.05, 3.63) is 176 Å². The molecule has 0 spiro atoms. The average molecular weight is 708 g/mol. The Kier molecular flexibility index (Phi) is 7.00. The molecule has 0 saturated carbocycles. The lowest BCUT2D eigenvalue weighted by atomic mass is 9.95. The highest BCUT2D eigenvalue weighted by atomic mass is 32.1. The van der Waals surface area contributed by atoms with Gasteiger partial charge in [0.15, 0.2) is 17.5 Å². The van der Waals surface area contributed by atoms with Gasteiger partial charge in [-0.15, -0.1) is 11.3 Å². The Hall–Kier alpha value is -6.95. The molecule has 5 heteroatoms.